The smallest absolute Gasteiger partial charge is 0.241 e. The van der Waals surface area contributed by atoms with Crippen molar-refractivity contribution in [2.75, 3.05) is 6.54 Å². The zero-order valence-corrected chi connectivity index (χ0v) is 13.6. The summed E-state index contributed by atoms with van der Waals surface area (Å²) in [5, 5.41) is 4.78. The van der Waals surface area contributed by atoms with Crippen LogP contribution in [-0.4, -0.2) is 26.2 Å². The molecular formula is C17H17ClN4O. The van der Waals surface area contributed by atoms with E-state index in [0.717, 1.165) is 18.7 Å². The minimum Gasteiger partial charge on any atom is -0.349 e. The van der Waals surface area contributed by atoms with Crippen molar-refractivity contribution in [3.8, 4) is 11.4 Å². The predicted molar refractivity (Wildman–Crippen MR) is 88.0 cm³/mol. The highest BCUT2D eigenvalue weighted by Gasteiger charge is 2.25. The lowest BCUT2D eigenvalue weighted by Gasteiger charge is -2.33. The maximum absolute atomic E-state index is 5.91. The Morgan fingerprint density at radius 2 is 2.04 bits per heavy atom. The number of aromatic nitrogens is 3. The van der Waals surface area contributed by atoms with Crippen LogP contribution in [0.5, 0.6) is 0 Å². The maximum atomic E-state index is 5.91. The second kappa shape index (κ2) is 5.83. The highest BCUT2D eigenvalue weighted by atomic mass is 35.5. The molecular weight excluding hydrogens is 312 g/mol. The van der Waals surface area contributed by atoms with E-state index in [2.05, 4.69) is 44.9 Å². The Morgan fingerprint density at radius 3 is 2.87 bits per heavy atom. The van der Waals surface area contributed by atoms with Gasteiger partial charge in [0.25, 0.3) is 0 Å². The average molecular weight is 329 g/mol. The molecule has 2 aromatic heterocycles. The minimum absolute atomic E-state index is 0.338. The second-order valence-corrected chi connectivity index (χ2v) is 6.23. The molecule has 5 nitrogen and oxygen atoms in total. The third-order valence-electron chi connectivity index (χ3n) is 4.38. The number of nitrogens with zero attached hydrogens (tertiary/aromatic N) is 4. The van der Waals surface area contributed by atoms with Crippen molar-refractivity contribution in [2.45, 2.75) is 26.1 Å². The molecule has 1 atom stereocenters. The Hall–Kier alpha value is -2.11. The highest BCUT2D eigenvalue weighted by molar-refractivity contribution is 6.30. The van der Waals surface area contributed by atoms with Gasteiger partial charge in [0.1, 0.15) is 0 Å². The fourth-order valence-electron chi connectivity index (χ4n) is 3.05. The van der Waals surface area contributed by atoms with Gasteiger partial charge in [-0.25, -0.2) is 0 Å². The van der Waals surface area contributed by atoms with Crippen molar-refractivity contribution < 1.29 is 4.52 Å². The topological polar surface area (TPSA) is 47.1 Å². The Balaban J connectivity index is 1.51. The predicted octanol–water partition coefficient (Wildman–Crippen LogP) is 3.77. The van der Waals surface area contributed by atoms with Crippen LogP contribution in [0.15, 0.2) is 47.1 Å². The van der Waals surface area contributed by atoms with Gasteiger partial charge in [-0.05, 0) is 43.3 Å². The molecule has 0 saturated carbocycles. The molecule has 3 heterocycles. The lowest BCUT2D eigenvalue weighted by Crippen LogP contribution is -2.35. The molecule has 0 saturated heterocycles. The van der Waals surface area contributed by atoms with E-state index in [1.165, 1.54) is 5.69 Å². The fraction of sp³-hybridized carbons (Fsp3) is 0.294. The first-order valence-corrected chi connectivity index (χ1v) is 8.06. The summed E-state index contributed by atoms with van der Waals surface area (Å²) in [5.74, 6) is 1.24. The zero-order valence-electron chi connectivity index (χ0n) is 12.8. The molecule has 1 aliphatic rings. The van der Waals surface area contributed by atoms with E-state index in [-0.39, 0.29) is 0 Å². The van der Waals surface area contributed by atoms with Crippen molar-refractivity contribution in [1.29, 1.82) is 0 Å². The highest BCUT2D eigenvalue weighted by Crippen LogP contribution is 2.27. The molecule has 4 rings (SSSR count). The lowest BCUT2D eigenvalue weighted by molar-refractivity contribution is 0.141. The molecule has 0 N–H and O–H groups in total. The normalized spacial score (nSPS) is 18.1. The van der Waals surface area contributed by atoms with Crippen molar-refractivity contribution in [3.05, 3.63) is 59.2 Å². The summed E-state index contributed by atoms with van der Waals surface area (Å²) < 4.78 is 7.73. The van der Waals surface area contributed by atoms with Crippen LogP contribution in [0, 0.1) is 0 Å². The van der Waals surface area contributed by atoms with Gasteiger partial charge in [-0.1, -0.05) is 16.8 Å². The van der Waals surface area contributed by atoms with Crippen LogP contribution < -0.4 is 0 Å². The molecule has 0 spiro atoms. The molecule has 0 aliphatic carbocycles. The standard InChI is InChI=1S/C17H17ClN4O/c1-12-15-3-2-8-21(15)9-10-22(12)11-16-19-17(20-23-16)13-4-6-14(18)7-5-13/h2-8,12H,9-11H2,1H3. The number of benzene rings is 1. The average Bonchev–Trinajstić information content (AvgIpc) is 3.20. The van der Waals surface area contributed by atoms with Crippen molar-refractivity contribution >= 4 is 11.6 Å². The van der Waals surface area contributed by atoms with E-state index in [0.29, 0.717) is 29.3 Å². The molecule has 6 heteroatoms. The Morgan fingerprint density at radius 1 is 1.22 bits per heavy atom. The molecule has 1 aliphatic heterocycles. The lowest BCUT2D eigenvalue weighted by atomic mass is 10.1. The number of hydrogen-bond acceptors (Lipinski definition) is 4. The van der Waals surface area contributed by atoms with E-state index in [1.54, 1.807) is 0 Å². The van der Waals surface area contributed by atoms with Gasteiger partial charge in [-0.3, -0.25) is 4.90 Å². The Bertz CT molecular complexity index is 808. The zero-order chi connectivity index (χ0) is 15.8. The number of halogens is 1. The summed E-state index contributed by atoms with van der Waals surface area (Å²) in [5.41, 5.74) is 2.23. The van der Waals surface area contributed by atoms with Crippen LogP contribution in [0.3, 0.4) is 0 Å². The van der Waals surface area contributed by atoms with Gasteiger partial charge in [0, 0.05) is 41.6 Å². The van der Waals surface area contributed by atoms with E-state index in [4.69, 9.17) is 16.1 Å². The van der Waals surface area contributed by atoms with Gasteiger partial charge in [-0.15, -0.1) is 0 Å². The van der Waals surface area contributed by atoms with Crippen LogP contribution in [0.4, 0.5) is 0 Å². The Labute approximate surface area is 139 Å². The fourth-order valence-corrected chi connectivity index (χ4v) is 3.18. The maximum Gasteiger partial charge on any atom is 0.241 e. The first kappa shape index (κ1) is 14.5. The third-order valence-corrected chi connectivity index (χ3v) is 4.63. The molecule has 0 bridgehead atoms. The van der Waals surface area contributed by atoms with Gasteiger partial charge >= 0.3 is 0 Å². The van der Waals surface area contributed by atoms with Crippen LogP contribution >= 0.6 is 11.6 Å². The SMILES string of the molecule is CC1c2cccn2CCN1Cc1nc(-c2ccc(Cl)cc2)no1. The third kappa shape index (κ3) is 2.78. The van der Waals surface area contributed by atoms with Gasteiger partial charge in [0.15, 0.2) is 0 Å². The largest absolute Gasteiger partial charge is 0.349 e. The van der Waals surface area contributed by atoms with E-state index in [1.807, 2.05) is 24.3 Å². The van der Waals surface area contributed by atoms with Crippen molar-refractivity contribution in [3.63, 3.8) is 0 Å². The number of rotatable bonds is 3. The Kier molecular flexibility index (Phi) is 3.67. The van der Waals surface area contributed by atoms with E-state index in [9.17, 15) is 0 Å². The number of hydrogen-bond donors (Lipinski definition) is 0. The summed E-state index contributed by atoms with van der Waals surface area (Å²) in [6, 6.07) is 12.1. The van der Waals surface area contributed by atoms with Crippen LogP contribution in [0.2, 0.25) is 5.02 Å². The van der Waals surface area contributed by atoms with Crippen LogP contribution in [0.1, 0.15) is 24.6 Å². The monoisotopic (exact) mass is 328 g/mol. The molecule has 1 unspecified atom stereocenters. The molecule has 3 aromatic rings. The molecule has 23 heavy (non-hydrogen) atoms. The minimum atomic E-state index is 0.338. The molecule has 1 aromatic carbocycles. The molecule has 0 fully saturated rings. The second-order valence-electron chi connectivity index (χ2n) is 5.79. The molecule has 118 valence electrons. The van der Waals surface area contributed by atoms with Crippen molar-refractivity contribution in [2.24, 2.45) is 0 Å². The molecule has 0 amide bonds. The van der Waals surface area contributed by atoms with Crippen LogP contribution in [0.25, 0.3) is 11.4 Å². The summed E-state index contributed by atoms with van der Waals surface area (Å²) in [6.07, 6.45) is 2.13. The quantitative estimate of drug-likeness (QED) is 0.734. The summed E-state index contributed by atoms with van der Waals surface area (Å²) in [6.45, 7) is 4.83. The van der Waals surface area contributed by atoms with Gasteiger partial charge < -0.3 is 9.09 Å². The summed E-state index contributed by atoms with van der Waals surface area (Å²) >= 11 is 5.91. The number of fused-ring (bicyclic) bond motifs is 1. The first-order chi connectivity index (χ1) is 11.2. The van der Waals surface area contributed by atoms with Gasteiger partial charge in [-0.2, -0.15) is 4.98 Å². The summed E-state index contributed by atoms with van der Waals surface area (Å²) in [4.78, 5) is 6.87. The summed E-state index contributed by atoms with van der Waals surface area (Å²) in [7, 11) is 0. The van der Waals surface area contributed by atoms with Crippen LogP contribution in [-0.2, 0) is 13.1 Å². The van der Waals surface area contributed by atoms with Gasteiger partial charge in [0.05, 0.1) is 6.54 Å². The van der Waals surface area contributed by atoms with E-state index < -0.39 is 0 Å². The van der Waals surface area contributed by atoms with Gasteiger partial charge in [0.2, 0.25) is 11.7 Å². The first-order valence-electron chi connectivity index (χ1n) is 7.68. The van der Waals surface area contributed by atoms with Crippen molar-refractivity contribution in [1.82, 2.24) is 19.6 Å². The molecule has 0 radical (unpaired) electrons. The van der Waals surface area contributed by atoms with E-state index >= 15 is 0 Å².